The number of halogens is 2. The standard InChI is InChI=1S/C14H12BrClN2O2S/c15-9-5-4-7(6-10(9)16)17-14-18-12-8(13(19)20)2-1-3-11(12)21-14/h4-6,8H,1-3H2,(H,17,18)(H,19,20). The number of carboxylic acids is 1. The highest BCUT2D eigenvalue weighted by Gasteiger charge is 2.29. The van der Waals surface area contributed by atoms with Gasteiger partial charge >= 0.3 is 5.97 Å². The van der Waals surface area contributed by atoms with Gasteiger partial charge in [-0.25, -0.2) is 4.98 Å². The molecule has 0 saturated carbocycles. The van der Waals surface area contributed by atoms with E-state index in [0.717, 1.165) is 27.9 Å². The number of fused-ring (bicyclic) bond motifs is 1. The van der Waals surface area contributed by atoms with E-state index in [1.165, 1.54) is 11.3 Å². The Hall–Kier alpha value is -1.11. The van der Waals surface area contributed by atoms with Crippen LogP contribution in [-0.2, 0) is 11.2 Å². The molecule has 2 N–H and O–H groups in total. The van der Waals surface area contributed by atoms with E-state index in [1.807, 2.05) is 12.1 Å². The van der Waals surface area contributed by atoms with Crippen LogP contribution in [0.4, 0.5) is 10.8 Å². The van der Waals surface area contributed by atoms with Crippen molar-refractivity contribution in [3.63, 3.8) is 0 Å². The zero-order valence-corrected chi connectivity index (χ0v) is 14.1. The highest BCUT2D eigenvalue weighted by molar-refractivity contribution is 9.10. The Labute approximate surface area is 139 Å². The first-order chi connectivity index (χ1) is 10.0. The fourth-order valence-corrected chi connectivity index (χ4v) is 3.92. The van der Waals surface area contributed by atoms with E-state index in [1.54, 1.807) is 6.07 Å². The average Bonchev–Trinajstić information content (AvgIpc) is 2.84. The van der Waals surface area contributed by atoms with Gasteiger partial charge in [-0.05, 0) is 53.4 Å². The molecule has 2 aromatic rings. The van der Waals surface area contributed by atoms with Crippen LogP contribution >= 0.6 is 38.9 Å². The number of hydrogen-bond donors (Lipinski definition) is 2. The summed E-state index contributed by atoms with van der Waals surface area (Å²) in [5.41, 5.74) is 1.55. The molecule has 0 amide bonds. The van der Waals surface area contributed by atoms with Crippen LogP contribution < -0.4 is 5.32 Å². The number of anilines is 2. The first-order valence-electron chi connectivity index (χ1n) is 6.49. The number of aryl methyl sites for hydroxylation is 1. The van der Waals surface area contributed by atoms with Gasteiger partial charge in [0.05, 0.1) is 10.7 Å². The molecule has 0 saturated heterocycles. The summed E-state index contributed by atoms with van der Waals surface area (Å²) in [6, 6.07) is 5.56. The minimum absolute atomic E-state index is 0.478. The molecule has 0 spiro atoms. The predicted molar refractivity (Wildman–Crippen MR) is 87.9 cm³/mol. The van der Waals surface area contributed by atoms with Crippen LogP contribution in [0.15, 0.2) is 22.7 Å². The minimum Gasteiger partial charge on any atom is -0.481 e. The molecule has 0 radical (unpaired) electrons. The van der Waals surface area contributed by atoms with Gasteiger partial charge in [0.25, 0.3) is 0 Å². The second kappa shape index (κ2) is 5.94. The molecule has 1 aromatic heterocycles. The lowest BCUT2D eigenvalue weighted by Gasteiger charge is -2.16. The molecular weight excluding hydrogens is 376 g/mol. The normalized spacial score (nSPS) is 17.3. The van der Waals surface area contributed by atoms with Crippen molar-refractivity contribution in [2.24, 2.45) is 0 Å². The molecular formula is C14H12BrClN2O2S. The minimum atomic E-state index is -0.792. The van der Waals surface area contributed by atoms with Crippen molar-refractivity contribution in [3.8, 4) is 0 Å². The van der Waals surface area contributed by atoms with Gasteiger partial charge in [0.1, 0.15) is 5.92 Å². The van der Waals surface area contributed by atoms with Gasteiger partial charge in [0.15, 0.2) is 5.13 Å². The van der Waals surface area contributed by atoms with Crippen LogP contribution in [0.3, 0.4) is 0 Å². The van der Waals surface area contributed by atoms with Gasteiger partial charge in [-0.15, -0.1) is 11.3 Å². The Morgan fingerprint density at radius 3 is 3.05 bits per heavy atom. The second-order valence-electron chi connectivity index (χ2n) is 4.86. The van der Waals surface area contributed by atoms with Crippen LogP contribution in [0.5, 0.6) is 0 Å². The molecule has 110 valence electrons. The fourth-order valence-electron chi connectivity index (χ4n) is 2.41. The highest BCUT2D eigenvalue weighted by Crippen LogP contribution is 2.38. The highest BCUT2D eigenvalue weighted by atomic mass is 79.9. The largest absolute Gasteiger partial charge is 0.481 e. The summed E-state index contributed by atoms with van der Waals surface area (Å²) in [6.45, 7) is 0. The molecule has 1 aliphatic rings. The van der Waals surface area contributed by atoms with Crippen LogP contribution in [0, 0.1) is 0 Å². The molecule has 3 rings (SSSR count). The van der Waals surface area contributed by atoms with E-state index in [0.29, 0.717) is 22.3 Å². The number of carbonyl (C=O) groups is 1. The van der Waals surface area contributed by atoms with Gasteiger partial charge < -0.3 is 10.4 Å². The molecule has 1 aliphatic carbocycles. The SMILES string of the molecule is O=C(O)C1CCCc2sc(Nc3ccc(Br)c(Cl)c3)nc21. The number of hydrogen-bond acceptors (Lipinski definition) is 4. The summed E-state index contributed by atoms with van der Waals surface area (Å²) in [5, 5.41) is 13.8. The first-order valence-corrected chi connectivity index (χ1v) is 8.48. The summed E-state index contributed by atoms with van der Waals surface area (Å²) in [7, 11) is 0. The molecule has 7 heteroatoms. The number of nitrogens with one attached hydrogen (secondary N) is 1. The number of aromatic nitrogens is 1. The van der Waals surface area contributed by atoms with Gasteiger partial charge in [-0.1, -0.05) is 11.6 Å². The molecule has 1 atom stereocenters. The van der Waals surface area contributed by atoms with E-state index in [9.17, 15) is 9.90 Å². The topological polar surface area (TPSA) is 62.2 Å². The smallest absolute Gasteiger partial charge is 0.312 e. The Kier molecular flexibility index (Phi) is 4.19. The summed E-state index contributed by atoms with van der Waals surface area (Å²) in [5.74, 6) is -1.27. The number of thiazole rings is 1. The number of benzene rings is 1. The van der Waals surface area contributed by atoms with Crippen molar-refractivity contribution >= 4 is 55.7 Å². The molecule has 0 aliphatic heterocycles. The zero-order chi connectivity index (χ0) is 15.0. The lowest BCUT2D eigenvalue weighted by Crippen LogP contribution is -2.17. The molecule has 0 fully saturated rings. The van der Waals surface area contributed by atoms with E-state index in [-0.39, 0.29) is 0 Å². The van der Waals surface area contributed by atoms with E-state index < -0.39 is 11.9 Å². The maximum atomic E-state index is 11.3. The van der Waals surface area contributed by atoms with E-state index in [2.05, 4.69) is 26.2 Å². The van der Waals surface area contributed by atoms with Crippen LogP contribution in [0.1, 0.15) is 29.3 Å². The van der Waals surface area contributed by atoms with Crippen molar-refractivity contribution in [1.29, 1.82) is 0 Å². The monoisotopic (exact) mass is 386 g/mol. The average molecular weight is 388 g/mol. The first kappa shape index (κ1) is 14.8. The summed E-state index contributed by atoms with van der Waals surface area (Å²) in [6.07, 6.45) is 2.46. The number of aliphatic carboxylic acids is 1. The molecule has 1 aromatic carbocycles. The Balaban J connectivity index is 1.87. The Morgan fingerprint density at radius 2 is 2.33 bits per heavy atom. The maximum Gasteiger partial charge on any atom is 0.312 e. The molecule has 1 unspecified atom stereocenters. The van der Waals surface area contributed by atoms with E-state index >= 15 is 0 Å². The molecule has 4 nitrogen and oxygen atoms in total. The van der Waals surface area contributed by atoms with Crippen molar-refractivity contribution in [2.75, 3.05) is 5.32 Å². The lowest BCUT2D eigenvalue weighted by molar-refractivity contribution is -0.139. The summed E-state index contributed by atoms with van der Waals surface area (Å²) >= 11 is 10.9. The second-order valence-corrected chi connectivity index (χ2v) is 7.21. The number of nitrogens with zero attached hydrogens (tertiary/aromatic N) is 1. The maximum absolute atomic E-state index is 11.3. The van der Waals surface area contributed by atoms with E-state index in [4.69, 9.17) is 11.6 Å². The van der Waals surface area contributed by atoms with Crippen molar-refractivity contribution < 1.29 is 9.90 Å². The quantitative estimate of drug-likeness (QED) is 0.793. The van der Waals surface area contributed by atoms with Crippen LogP contribution in [-0.4, -0.2) is 16.1 Å². The Morgan fingerprint density at radius 1 is 1.52 bits per heavy atom. The molecule has 21 heavy (non-hydrogen) atoms. The third-order valence-corrected chi connectivity index (χ3v) is 5.70. The number of carboxylic acid groups (broad SMARTS) is 1. The fraction of sp³-hybridized carbons (Fsp3) is 0.286. The third kappa shape index (κ3) is 3.07. The molecule has 1 heterocycles. The zero-order valence-electron chi connectivity index (χ0n) is 10.9. The van der Waals surface area contributed by atoms with Crippen molar-refractivity contribution in [3.05, 3.63) is 38.3 Å². The van der Waals surface area contributed by atoms with Crippen LogP contribution in [0.2, 0.25) is 5.02 Å². The third-order valence-electron chi connectivity index (χ3n) is 3.42. The van der Waals surface area contributed by atoms with Gasteiger partial charge in [0.2, 0.25) is 0 Å². The summed E-state index contributed by atoms with van der Waals surface area (Å²) in [4.78, 5) is 16.8. The van der Waals surface area contributed by atoms with Gasteiger partial charge in [-0.2, -0.15) is 0 Å². The summed E-state index contributed by atoms with van der Waals surface area (Å²) < 4.78 is 0.832. The van der Waals surface area contributed by atoms with Gasteiger partial charge in [0, 0.05) is 15.0 Å². The van der Waals surface area contributed by atoms with Gasteiger partial charge in [-0.3, -0.25) is 4.79 Å². The van der Waals surface area contributed by atoms with Crippen LogP contribution in [0.25, 0.3) is 0 Å². The predicted octanol–water partition coefficient (Wildman–Crippen LogP) is 4.81. The lowest BCUT2D eigenvalue weighted by atomic mass is 9.91. The van der Waals surface area contributed by atoms with Crippen molar-refractivity contribution in [1.82, 2.24) is 4.98 Å². The van der Waals surface area contributed by atoms with Crippen molar-refractivity contribution in [2.45, 2.75) is 25.2 Å². The number of rotatable bonds is 3. The Bertz CT molecular complexity index is 704. The molecule has 0 bridgehead atoms.